The molecule has 7 heteroatoms. The van der Waals surface area contributed by atoms with Gasteiger partial charge in [-0.1, -0.05) is 0 Å². The molecule has 0 amide bonds. The molecule has 14 heavy (non-hydrogen) atoms. The Hall–Kier alpha value is -1.56. The van der Waals surface area contributed by atoms with Crippen LogP contribution in [-0.4, -0.2) is 19.5 Å². The Labute approximate surface area is 83.7 Å². The van der Waals surface area contributed by atoms with Crippen LogP contribution in [0.15, 0.2) is 4.79 Å². The summed E-state index contributed by atoms with van der Waals surface area (Å²) in [6.07, 6.45) is 0. The lowest BCUT2D eigenvalue weighted by atomic mass is 10.5. The van der Waals surface area contributed by atoms with Crippen LogP contribution >= 0.6 is 11.6 Å². The Balaban J connectivity index is 2.95. The van der Waals surface area contributed by atoms with Gasteiger partial charge in [-0.2, -0.15) is 9.97 Å². The van der Waals surface area contributed by atoms with Gasteiger partial charge in [0.05, 0.1) is 0 Å². The molecule has 0 bridgehead atoms. The number of nitrogens with two attached hydrogens (primary N) is 1. The molecule has 0 aliphatic heterocycles. The van der Waals surface area contributed by atoms with Crippen LogP contribution in [0, 0.1) is 0 Å². The first-order valence-corrected chi connectivity index (χ1v) is 4.42. The summed E-state index contributed by atoms with van der Waals surface area (Å²) in [6, 6.07) is 0. The lowest BCUT2D eigenvalue weighted by Crippen LogP contribution is -2.15. The highest BCUT2D eigenvalue weighted by molar-refractivity contribution is 6.28. The van der Waals surface area contributed by atoms with Gasteiger partial charge in [0.15, 0.2) is 11.5 Å². The lowest BCUT2D eigenvalue weighted by molar-refractivity contribution is 0.745. The monoisotopic (exact) mass is 213 g/mol. The summed E-state index contributed by atoms with van der Waals surface area (Å²) in [6.45, 7) is 2.34. The molecular formula is C7H8ClN5O. The number of imidazole rings is 1. The first-order valence-electron chi connectivity index (χ1n) is 4.05. The number of hydrogen-bond donors (Lipinski definition) is 2. The van der Waals surface area contributed by atoms with E-state index in [9.17, 15) is 4.79 Å². The second-order valence-electron chi connectivity index (χ2n) is 2.75. The van der Waals surface area contributed by atoms with Gasteiger partial charge in [-0.3, -0.25) is 4.57 Å². The van der Waals surface area contributed by atoms with Gasteiger partial charge in [0.25, 0.3) is 0 Å². The van der Waals surface area contributed by atoms with Crippen LogP contribution < -0.4 is 11.4 Å². The van der Waals surface area contributed by atoms with E-state index in [1.54, 1.807) is 0 Å². The summed E-state index contributed by atoms with van der Waals surface area (Å²) in [5.41, 5.74) is 6.19. The molecule has 2 heterocycles. The van der Waals surface area contributed by atoms with E-state index in [2.05, 4.69) is 15.0 Å². The van der Waals surface area contributed by atoms with Crippen molar-refractivity contribution in [2.24, 2.45) is 0 Å². The summed E-state index contributed by atoms with van der Waals surface area (Å²) in [5.74, 6) is 0.185. The molecule has 0 atom stereocenters. The van der Waals surface area contributed by atoms with E-state index in [1.807, 2.05) is 6.92 Å². The number of hydrogen-bond acceptors (Lipinski definition) is 4. The Kier molecular flexibility index (Phi) is 1.92. The fourth-order valence-electron chi connectivity index (χ4n) is 1.32. The van der Waals surface area contributed by atoms with Crippen LogP contribution in [0.25, 0.3) is 11.2 Å². The smallest absolute Gasteiger partial charge is 0.327 e. The van der Waals surface area contributed by atoms with E-state index in [1.165, 1.54) is 4.57 Å². The minimum absolute atomic E-state index is 0.0381. The van der Waals surface area contributed by atoms with Crippen molar-refractivity contribution >= 4 is 28.6 Å². The van der Waals surface area contributed by atoms with Gasteiger partial charge in [0, 0.05) is 6.54 Å². The Bertz CT molecular complexity index is 543. The van der Waals surface area contributed by atoms with Gasteiger partial charge >= 0.3 is 5.69 Å². The lowest BCUT2D eigenvalue weighted by Gasteiger charge is -1.98. The maximum absolute atomic E-state index is 11.4. The molecular weight excluding hydrogens is 206 g/mol. The number of aromatic nitrogens is 4. The van der Waals surface area contributed by atoms with E-state index < -0.39 is 0 Å². The van der Waals surface area contributed by atoms with Gasteiger partial charge in [-0.15, -0.1) is 0 Å². The molecule has 0 saturated heterocycles. The van der Waals surface area contributed by atoms with Gasteiger partial charge in [0.1, 0.15) is 5.52 Å². The molecule has 0 fully saturated rings. The largest absolute Gasteiger partial charge is 0.382 e. The molecule has 0 aliphatic carbocycles. The molecule has 2 rings (SSSR count). The van der Waals surface area contributed by atoms with E-state index in [-0.39, 0.29) is 16.8 Å². The van der Waals surface area contributed by atoms with Crippen LogP contribution in [0.5, 0.6) is 0 Å². The molecule has 0 saturated carbocycles. The summed E-state index contributed by atoms with van der Waals surface area (Å²) in [5, 5.41) is 0.0381. The molecule has 2 aromatic heterocycles. The number of nitrogen functional groups attached to an aromatic ring is 1. The SMILES string of the molecule is CCn1c(=O)[nH]c2c(N)nc(Cl)nc21. The predicted molar refractivity (Wildman–Crippen MR) is 53.2 cm³/mol. The highest BCUT2D eigenvalue weighted by Gasteiger charge is 2.11. The molecule has 2 aromatic rings. The third kappa shape index (κ3) is 1.15. The van der Waals surface area contributed by atoms with E-state index in [4.69, 9.17) is 17.3 Å². The first kappa shape index (κ1) is 9.01. The van der Waals surface area contributed by atoms with Crippen LogP contribution in [0.1, 0.15) is 6.92 Å². The van der Waals surface area contributed by atoms with E-state index in [0.29, 0.717) is 17.7 Å². The Morgan fingerprint density at radius 3 is 2.93 bits per heavy atom. The highest BCUT2D eigenvalue weighted by Crippen LogP contribution is 2.15. The number of nitrogens with one attached hydrogen (secondary N) is 1. The van der Waals surface area contributed by atoms with Gasteiger partial charge in [-0.25, -0.2) is 4.79 Å². The number of H-pyrrole nitrogens is 1. The number of anilines is 1. The summed E-state index contributed by atoms with van der Waals surface area (Å²) >= 11 is 5.63. The number of fused-ring (bicyclic) bond motifs is 1. The first-order chi connectivity index (χ1) is 6.63. The van der Waals surface area contributed by atoms with Gasteiger partial charge in [-0.05, 0) is 18.5 Å². The Morgan fingerprint density at radius 1 is 1.57 bits per heavy atom. The quantitative estimate of drug-likeness (QED) is 0.670. The van der Waals surface area contributed by atoms with Crippen molar-refractivity contribution in [3.63, 3.8) is 0 Å². The normalized spacial score (nSPS) is 11.0. The van der Waals surface area contributed by atoms with E-state index in [0.717, 1.165) is 0 Å². The van der Waals surface area contributed by atoms with Crippen molar-refractivity contribution in [1.29, 1.82) is 0 Å². The van der Waals surface area contributed by atoms with Crippen molar-refractivity contribution in [2.75, 3.05) is 5.73 Å². The third-order valence-corrected chi connectivity index (χ3v) is 2.11. The van der Waals surface area contributed by atoms with Gasteiger partial charge in [0.2, 0.25) is 5.28 Å². The van der Waals surface area contributed by atoms with Crippen molar-refractivity contribution in [1.82, 2.24) is 19.5 Å². The highest BCUT2D eigenvalue weighted by atomic mass is 35.5. The molecule has 0 radical (unpaired) electrons. The second-order valence-corrected chi connectivity index (χ2v) is 3.09. The molecule has 3 N–H and O–H groups in total. The van der Waals surface area contributed by atoms with E-state index >= 15 is 0 Å². The third-order valence-electron chi connectivity index (χ3n) is 1.94. The maximum Gasteiger partial charge on any atom is 0.327 e. The predicted octanol–water partition coefficient (Wildman–Crippen LogP) is 0.375. The molecule has 0 aliphatic rings. The topological polar surface area (TPSA) is 89.6 Å². The molecule has 0 aromatic carbocycles. The molecule has 0 unspecified atom stereocenters. The average Bonchev–Trinajstić information content (AvgIpc) is 2.41. The number of rotatable bonds is 1. The van der Waals surface area contributed by atoms with Crippen LogP contribution in [0.2, 0.25) is 5.28 Å². The standard InChI is InChI=1S/C7H8ClN5O/c1-2-13-5-3(10-7(13)14)4(9)11-6(8)12-5/h2H2,1H3,(H,10,14)(H2,9,11,12). The minimum atomic E-state index is -0.259. The van der Waals surface area contributed by atoms with Crippen molar-refractivity contribution in [3.05, 3.63) is 15.8 Å². The summed E-state index contributed by atoms with van der Waals surface area (Å²) < 4.78 is 1.44. The zero-order chi connectivity index (χ0) is 10.3. The van der Waals surface area contributed by atoms with Crippen molar-refractivity contribution < 1.29 is 0 Å². The van der Waals surface area contributed by atoms with Crippen LogP contribution in [0.4, 0.5) is 5.82 Å². The minimum Gasteiger partial charge on any atom is -0.382 e. The number of nitrogens with zero attached hydrogens (tertiary/aromatic N) is 3. The molecule has 0 spiro atoms. The number of aromatic amines is 1. The maximum atomic E-state index is 11.4. The van der Waals surface area contributed by atoms with Crippen LogP contribution in [0.3, 0.4) is 0 Å². The summed E-state index contributed by atoms with van der Waals surface area (Å²) in [4.78, 5) is 21.6. The zero-order valence-corrected chi connectivity index (χ0v) is 8.17. The molecule has 74 valence electrons. The molecule has 6 nitrogen and oxygen atoms in total. The fraction of sp³-hybridized carbons (Fsp3) is 0.286. The van der Waals surface area contributed by atoms with Crippen LogP contribution in [-0.2, 0) is 6.54 Å². The number of halogens is 1. The van der Waals surface area contributed by atoms with Crippen molar-refractivity contribution in [3.8, 4) is 0 Å². The fourth-order valence-corrected chi connectivity index (χ4v) is 1.49. The zero-order valence-electron chi connectivity index (χ0n) is 7.41. The van der Waals surface area contributed by atoms with Crippen molar-refractivity contribution in [2.45, 2.75) is 13.5 Å². The summed E-state index contributed by atoms with van der Waals surface area (Å²) in [7, 11) is 0. The van der Waals surface area contributed by atoms with Gasteiger partial charge < -0.3 is 10.7 Å². The Morgan fingerprint density at radius 2 is 2.29 bits per heavy atom. The average molecular weight is 214 g/mol. The second kappa shape index (κ2) is 2.98. The number of aryl methyl sites for hydroxylation is 1.